The molecule has 0 unspecified atom stereocenters. The van der Waals surface area contributed by atoms with E-state index in [2.05, 4.69) is 0 Å². The highest BCUT2D eigenvalue weighted by Gasteiger charge is 2.48. The van der Waals surface area contributed by atoms with Crippen LogP contribution in [0.25, 0.3) is 0 Å². The zero-order valence-corrected chi connectivity index (χ0v) is 25.0. The van der Waals surface area contributed by atoms with E-state index >= 15 is 0 Å². The normalized spacial score (nSPS) is 19.7. The standard InChI is InChI=1S/C34H30O10S/c1-23-17-19-27(20-18-23)45(38,39)41-22-28-30(43-33(36)25-13-7-3-8-14-25)31(44-34(37)26-15-9-4-10-16-26)29(21-40-28)42-32(35)24-11-5-2-6-12-24/h2-20,28-31H,21-22H2,1H3/t28-,29-,30+,31-/m1/s1. The molecule has 0 radical (unpaired) electrons. The zero-order valence-electron chi connectivity index (χ0n) is 24.2. The van der Waals surface area contributed by atoms with Crippen LogP contribution in [0, 0.1) is 6.92 Å². The van der Waals surface area contributed by atoms with Crippen LogP contribution in [0.2, 0.25) is 0 Å². The molecule has 4 aromatic rings. The van der Waals surface area contributed by atoms with E-state index in [-0.39, 0.29) is 28.2 Å². The molecule has 4 aromatic carbocycles. The van der Waals surface area contributed by atoms with Crippen molar-refractivity contribution < 1.29 is 45.9 Å². The van der Waals surface area contributed by atoms with E-state index in [1.54, 1.807) is 78.9 Å². The van der Waals surface area contributed by atoms with E-state index in [1.807, 2.05) is 6.92 Å². The molecule has 0 saturated carbocycles. The maximum atomic E-state index is 13.3. The van der Waals surface area contributed by atoms with E-state index in [0.29, 0.717) is 0 Å². The summed E-state index contributed by atoms with van der Waals surface area (Å²) in [5.74, 6) is -2.31. The first-order chi connectivity index (χ1) is 21.7. The average Bonchev–Trinajstić information content (AvgIpc) is 3.07. The molecule has 0 spiro atoms. The molecule has 1 saturated heterocycles. The van der Waals surface area contributed by atoms with Gasteiger partial charge in [0.05, 0.1) is 34.8 Å². The Bertz CT molecular complexity index is 1710. The largest absolute Gasteiger partial charge is 0.452 e. The predicted octanol–water partition coefficient (Wildman–Crippen LogP) is 4.78. The van der Waals surface area contributed by atoms with Crippen molar-refractivity contribution in [3.63, 3.8) is 0 Å². The Morgan fingerprint density at radius 2 is 1.09 bits per heavy atom. The molecule has 0 bridgehead atoms. The summed E-state index contributed by atoms with van der Waals surface area (Å²) in [6, 6.07) is 30.4. The molecule has 1 heterocycles. The molecule has 0 aliphatic carbocycles. The van der Waals surface area contributed by atoms with Crippen LogP contribution in [0.3, 0.4) is 0 Å². The van der Waals surface area contributed by atoms with Crippen LogP contribution in [0.4, 0.5) is 0 Å². The van der Waals surface area contributed by atoms with Crippen molar-refractivity contribution in [2.24, 2.45) is 0 Å². The third-order valence-corrected chi connectivity index (χ3v) is 8.30. The fourth-order valence-corrected chi connectivity index (χ4v) is 5.52. The summed E-state index contributed by atoms with van der Waals surface area (Å²) in [6.45, 7) is 0.904. The quantitative estimate of drug-likeness (QED) is 0.137. The number of carbonyl (C=O) groups is 3. The molecule has 232 valence electrons. The van der Waals surface area contributed by atoms with Crippen molar-refractivity contribution in [3.8, 4) is 0 Å². The number of ether oxygens (including phenoxy) is 4. The van der Waals surface area contributed by atoms with E-state index in [1.165, 1.54) is 36.4 Å². The third kappa shape index (κ3) is 8.01. The number of carbonyl (C=O) groups excluding carboxylic acids is 3. The molecule has 1 aliphatic heterocycles. The molecule has 5 rings (SSSR count). The Hall–Kier alpha value is -4.84. The topological polar surface area (TPSA) is 132 Å². The molecule has 0 amide bonds. The van der Waals surface area contributed by atoms with E-state index in [0.717, 1.165) is 5.56 Å². The first-order valence-corrected chi connectivity index (χ1v) is 15.5. The molecule has 4 atom stereocenters. The number of hydrogen-bond acceptors (Lipinski definition) is 10. The summed E-state index contributed by atoms with van der Waals surface area (Å²) in [4.78, 5) is 39.5. The molecule has 11 heteroatoms. The minimum Gasteiger partial charge on any atom is -0.452 e. The predicted molar refractivity (Wildman–Crippen MR) is 161 cm³/mol. The molecule has 1 fully saturated rings. The van der Waals surface area contributed by atoms with Gasteiger partial charge in [0.1, 0.15) is 6.10 Å². The van der Waals surface area contributed by atoms with Gasteiger partial charge >= 0.3 is 17.9 Å². The van der Waals surface area contributed by atoms with Gasteiger partial charge in [-0.3, -0.25) is 4.18 Å². The number of rotatable bonds is 10. The monoisotopic (exact) mass is 630 g/mol. The summed E-state index contributed by atoms with van der Waals surface area (Å²) in [7, 11) is -4.25. The first-order valence-electron chi connectivity index (χ1n) is 14.1. The van der Waals surface area contributed by atoms with Crippen molar-refractivity contribution >= 4 is 28.0 Å². The summed E-state index contributed by atoms with van der Waals surface area (Å²) >= 11 is 0. The van der Waals surface area contributed by atoms with Gasteiger partial charge < -0.3 is 18.9 Å². The number of hydrogen-bond donors (Lipinski definition) is 0. The third-order valence-electron chi connectivity index (χ3n) is 7.00. The number of esters is 3. The minimum absolute atomic E-state index is 0.0801. The molecular weight excluding hydrogens is 600 g/mol. The SMILES string of the molecule is Cc1ccc(S(=O)(=O)OC[C@H]2OC[C@@H](OC(=O)c3ccccc3)[C@@H](OC(=O)c3ccccc3)[C@H]2OC(=O)c2ccccc2)cc1. The van der Waals surface area contributed by atoms with E-state index < -0.39 is 59.0 Å². The lowest BCUT2D eigenvalue weighted by Crippen LogP contribution is -2.59. The fraction of sp³-hybridized carbons (Fsp3) is 0.206. The maximum absolute atomic E-state index is 13.3. The van der Waals surface area contributed by atoms with Crippen LogP contribution >= 0.6 is 0 Å². The summed E-state index contributed by atoms with van der Waals surface area (Å²) < 4.78 is 54.7. The molecule has 0 aromatic heterocycles. The zero-order chi connectivity index (χ0) is 31.8. The van der Waals surface area contributed by atoms with Gasteiger partial charge in [-0.05, 0) is 55.5 Å². The highest BCUT2D eigenvalue weighted by molar-refractivity contribution is 7.86. The Morgan fingerprint density at radius 1 is 0.644 bits per heavy atom. The highest BCUT2D eigenvalue weighted by Crippen LogP contribution is 2.28. The van der Waals surface area contributed by atoms with Crippen LogP contribution in [-0.4, -0.2) is 64.0 Å². The fourth-order valence-electron chi connectivity index (χ4n) is 4.60. The van der Waals surface area contributed by atoms with Crippen LogP contribution < -0.4 is 0 Å². The molecule has 1 aliphatic rings. The number of aryl methyl sites for hydroxylation is 1. The van der Waals surface area contributed by atoms with Crippen LogP contribution in [0.15, 0.2) is 120 Å². The Balaban J connectivity index is 1.46. The molecule has 0 N–H and O–H groups in total. The second-order valence-corrected chi connectivity index (χ2v) is 11.8. The van der Waals surface area contributed by atoms with Gasteiger partial charge in [-0.2, -0.15) is 8.42 Å². The van der Waals surface area contributed by atoms with Crippen molar-refractivity contribution in [3.05, 3.63) is 138 Å². The van der Waals surface area contributed by atoms with Crippen LogP contribution in [0.1, 0.15) is 36.6 Å². The Labute approximate surface area is 260 Å². The lowest BCUT2D eigenvalue weighted by atomic mass is 9.99. The first kappa shape index (κ1) is 31.6. The molecule has 10 nitrogen and oxygen atoms in total. The van der Waals surface area contributed by atoms with E-state index in [4.69, 9.17) is 23.1 Å². The Kier molecular flexibility index (Phi) is 10.0. The van der Waals surface area contributed by atoms with E-state index in [9.17, 15) is 22.8 Å². The van der Waals surface area contributed by atoms with Crippen LogP contribution in [0.5, 0.6) is 0 Å². The molecule has 45 heavy (non-hydrogen) atoms. The van der Waals surface area contributed by atoms with Crippen molar-refractivity contribution in [1.29, 1.82) is 0 Å². The smallest absolute Gasteiger partial charge is 0.338 e. The van der Waals surface area contributed by atoms with Gasteiger partial charge in [-0.15, -0.1) is 0 Å². The van der Waals surface area contributed by atoms with Crippen LogP contribution in [-0.2, 0) is 33.2 Å². The summed E-state index contributed by atoms with van der Waals surface area (Å²) in [5, 5.41) is 0. The minimum atomic E-state index is -4.25. The Morgan fingerprint density at radius 3 is 1.58 bits per heavy atom. The summed E-state index contributed by atoms with van der Waals surface area (Å²) in [5.41, 5.74) is 1.47. The van der Waals surface area contributed by atoms with Crippen molar-refractivity contribution in [2.75, 3.05) is 13.2 Å². The summed E-state index contributed by atoms with van der Waals surface area (Å²) in [6.07, 6.45) is -5.31. The van der Waals surface area contributed by atoms with Gasteiger partial charge in [-0.25, -0.2) is 14.4 Å². The molecular formula is C34H30O10S. The van der Waals surface area contributed by atoms with Crippen molar-refractivity contribution in [2.45, 2.75) is 36.2 Å². The van der Waals surface area contributed by atoms with Gasteiger partial charge in [-0.1, -0.05) is 72.3 Å². The lowest BCUT2D eigenvalue weighted by Gasteiger charge is -2.40. The second-order valence-electron chi connectivity index (χ2n) is 10.2. The van der Waals surface area contributed by atoms with Gasteiger partial charge in [0, 0.05) is 0 Å². The van der Waals surface area contributed by atoms with Crippen molar-refractivity contribution in [1.82, 2.24) is 0 Å². The maximum Gasteiger partial charge on any atom is 0.338 e. The van der Waals surface area contributed by atoms with Gasteiger partial charge in [0.2, 0.25) is 0 Å². The number of benzene rings is 4. The highest BCUT2D eigenvalue weighted by atomic mass is 32.2. The lowest BCUT2D eigenvalue weighted by molar-refractivity contribution is -0.195. The van der Waals surface area contributed by atoms with Gasteiger partial charge in [0.25, 0.3) is 10.1 Å². The second kappa shape index (κ2) is 14.3. The van der Waals surface area contributed by atoms with Gasteiger partial charge in [0.15, 0.2) is 18.3 Å². The average molecular weight is 631 g/mol.